The van der Waals surface area contributed by atoms with Crippen LogP contribution in [0.15, 0.2) is 0 Å². The van der Waals surface area contributed by atoms with Gasteiger partial charge in [-0.25, -0.2) is 0 Å². The predicted octanol–water partition coefficient (Wildman–Crippen LogP) is 1.66. The minimum absolute atomic E-state index is 0.611. The van der Waals surface area contributed by atoms with Gasteiger partial charge in [-0.05, 0) is 19.4 Å². The first-order valence-electron chi connectivity index (χ1n) is 4.42. The van der Waals surface area contributed by atoms with Crippen molar-refractivity contribution in [3.05, 3.63) is 0 Å². The lowest BCUT2D eigenvalue weighted by Gasteiger charge is -2.21. The van der Waals surface area contributed by atoms with Crippen LogP contribution in [0.25, 0.3) is 0 Å². The molecule has 0 radical (unpaired) electrons. The first kappa shape index (κ1) is 10.9. The maximum Gasteiger partial charge on any atom is 0.0477 e. The zero-order valence-corrected chi connectivity index (χ0v) is 8.18. The van der Waals surface area contributed by atoms with Gasteiger partial charge in [0.15, 0.2) is 0 Å². The molecule has 0 saturated heterocycles. The summed E-state index contributed by atoms with van der Waals surface area (Å²) >= 11 is 0. The smallest absolute Gasteiger partial charge is 0.0477 e. The van der Waals surface area contributed by atoms with Gasteiger partial charge in [0, 0.05) is 19.8 Å². The van der Waals surface area contributed by atoms with E-state index in [9.17, 15) is 0 Å². The summed E-state index contributed by atoms with van der Waals surface area (Å²) < 4.78 is 5.03. The van der Waals surface area contributed by atoms with E-state index in [1.807, 2.05) is 7.05 Å². The summed E-state index contributed by atoms with van der Waals surface area (Å²) in [5.74, 6) is 0.746. The molecule has 2 atom stereocenters. The Hall–Kier alpha value is -0.0800. The standard InChI is InChI=1S/C9H21NO/c1-5-8(2)9(10-3)6-7-11-4/h8-10H,5-7H2,1-4H3. The Kier molecular flexibility index (Phi) is 6.57. The van der Waals surface area contributed by atoms with Gasteiger partial charge in [-0.1, -0.05) is 20.3 Å². The molecule has 0 aromatic heterocycles. The molecule has 0 aliphatic carbocycles. The molecule has 0 fully saturated rings. The first-order chi connectivity index (χ1) is 5.26. The van der Waals surface area contributed by atoms with Crippen LogP contribution >= 0.6 is 0 Å². The molecule has 11 heavy (non-hydrogen) atoms. The molecule has 1 N–H and O–H groups in total. The number of hydrogen-bond donors (Lipinski definition) is 1. The normalized spacial score (nSPS) is 16.4. The minimum Gasteiger partial charge on any atom is -0.385 e. The molecule has 0 amide bonds. The first-order valence-corrected chi connectivity index (χ1v) is 4.42. The summed E-state index contributed by atoms with van der Waals surface area (Å²) in [7, 11) is 3.77. The predicted molar refractivity (Wildman–Crippen MR) is 48.8 cm³/mol. The van der Waals surface area contributed by atoms with Crippen LogP contribution in [0, 0.1) is 5.92 Å². The lowest BCUT2D eigenvalue weighted by molar-refractivity contribution is 0.173. The summed E-state index contributed by atoms with van der Waals surface area (Å²) in [5, 5.41) is 3.31. The van der Waals surface area contributed by atoms with Crippen molar-refractivity contribution in [3.8, 4) is 0 Å². The summed E-state index contributed by atoms with van der Waals surface area (Å²) in [6.45, 7) is 5.36. The second-order valence-corrected chi connectivity index (χ2v) is 3.06. The largest absolute Gasteiger partial charge is 0.385 e. The molecule has 0 heterocycles. The molecule has 0 rings (SSSR count). The highest BCUT2D eigenvalue weighted by molar-refractivity contribution is 4.69. The second kappa shape index (κ2) is 6.62. The molecule has 2 unspecified atom stereocenters. The molecule has 0 saturated carbocycles. The Bertz CT molecular complexity index is 85.6. The van der Waals surface area contributed by atoms with Crippen molar-refractivity contribution < 1.29 is 4.74 Å². The number of methoxy groups -OCH3 is 1. The van der Waals surface area contributed by atoms with Gasteiger partial charge in [-0.3, -0.25) is 0 Å². The van der Waals surface area contributed by atoms with Crippen LogP contribution in [0.1, 0.15) is 26.7 Å². The van der Waals surface area contributed by atoms with E-state index in [4.69, 9.17) is 4.74 Å². The van der Waals surface area contributed by atoms with E-state index in [0.717, 1.165) is 18.9 Å². The van der Waals surface area contributed by atoms with Crippen LogP contribution in [0.3, 0.4) is 0 Å². The quantitative estimate of drug-likeness (QED) is 0.636. The van der Waals surface area contributed by atoms with Gasteiger partial charge in [0.1, 0.15) is 0 Å². The highest BCUT2D eigenvalue weighted by Crippen LogP contribution is 2.10. The molecule has 0 aromatic rings. The Balaban J connectivity index is 3.56. The fourth-order valence-corrected chi connectivity index (χ4v) is 1.24. The van der Waals surface area contributed by atoms with E-state index in [0.29, 0.717) is 6.04 Å². The average molecular weight is 159 g/mol. The average Bonchev–Trinajstić information content (AvgIpc) is 2.05. The highest BCUT2D eigenvalue weighted by Gasteiger charge is 2.12. The zero-order valence-electron chi connectivity index (χ0n) is 8.18. The monoisotopic (exact) mass is 159 g/mol. The molecule has 0 bridgehead atoms. The van der Waals surface area contributed by atoms with E-state index in [1.54, 1.807) is 7.11 Å². The summed E-state index contributed by atoms with van der Waals surface area (Å²) in [5.41, 5.74) is 0. The molecule has 2 heteroatoms. The van der Waals surface area contributed by atoms with Crippen molar-refractivity contribution in [1.29, 1.82) is 0 Å². The van der Waals surface area contributed by atoms with Crippen LogP contribution in [0.5, 0.6) is 0 Å². The molecule has 0 aromatic carbocycles. The maximum absolute atomic E-state index is 5.03. The third kappa shape index (κ3) is 4.38. The fourth-order valence-electron chi connectivity index (χ4n) is 1.24. The van der Waals surface area contributed by atoms with Crippen LogP contribution in [-0.2, 0) is 4.74 Å². The fraction of sp³-hybridized carbons (Fsp3) is 1.00. The lowest BCUT2D eigenvalue weighted by Crippen LogP contribution is -2.32. The number of nitrogens with one attached hydrogen (secondary N) is 1. The summed E-state index contributed by atoms with van der Waals surface area (Å²) in [6.07, 6.45) is 2.34. The van der Waals surface area contributed by atoms with Crippen LogP contribution < -0.4 is 5.32 Å². The van der Waals surface area contributed by atoms with Gasteiger partial charge in [0.25, 0.3) is 0 Å². The van der Waals surface area contributed by atoms with Crippen LogP contribution in [0.4, 0.5) is 0 Å². The van der Waals surface area contributed by atoms with Crippen molar-refractivity contribution >= 4 is 0 Å². The molecule has 0 aliphatic heterocycles. The molecular weight excluding hydrogens is 138 g/mol. The summed E-state index contributed by atoms with van der Waals surface area (Å²) in [6, 6.07) is 0.611. The van der Waals surface area contributed by atoms with Crippen LogP contribution in [0.2, 0.25) is 0 Å². The van der Waals surface area contributed by atoms with Crippen LogP contribution in [-0.4, -0.2) is 26.8 Å². The lowest BCUT2D eigenvalue weighted by atomic mass is 9.97. The topological polar surface area (TPSA) is 21.3 Å². The summed E-state index contributed by atoms with van der Waals surface area (Å²) in [4.78, 5) is 0. The van der Waals surface area contributed by atoms with Crippen molar-refractivity contribution in [1.82, 2.24) is 5.32 Å². The zero-order chi connectivity index (χ0) is 8.69. The minimum atomic E-state index is 0.611. The molecule has 0 aliphatic rings. The van der Waals surface area contributed by atoms with E-state index < -0.39 is 0 Å². The Morgan fingerprint density at radius 2 is 2.09 bits per heavy atom. The van der Waals surface area contributed by atoms with Gasteiger partial charge in [-0.15, -0.1) is 0 Å². The number of ether oxygens (including phenoxy) is 1. The van der Waals surface area contributed by atoms with Crippen molar-refractivity contribution in [2.45, 2.75) is 32.7 Å². The number of hydrogen-bond acceptors (Lipinski definition) is 2. The Morgan fingerprint density at radius 1 is 1.45 bits per heavy atom. The van der Waals surface area contributed by atoms with Crippen molar-refractivity contribution in [3.63, 3.8) is 0 Å². The number of rotatable bonds is 6. The van der Waals surface area contributed by atoms with E-state index in [1.165, 1.54) is 6.42 Å². The van der Waals surface area contributed by atoms with Gasteiger partial charge >= 0.3 is 0 Å². The molecule has 2 nitrogen and oxygen atoms in total. The van der Waals surface area contributed by atoms with Gasteiger partial charge in [0.05, 0.1) is 0 Å². The van der Waals surface area contributed by atoms with Gasteiger partial charge in [0.2, 0.25) is 0 Å². The molecule has 68 valence electrons. The second-order valence-electron chi connectivity index (χ2n) is 3.06. The third-order valence-electron chi connectivity index (χ3n) is 2.33. The highest BCUT2D eigenvalue weighted by atomic mass is 16.5. The molecular formula is C9H21NO. The van der Waals surface area contributed by atoms with Crippen molar-refractivity contribution in [2.24, 2.45) is 5.92 Å². The van der Waals surface area contributed by atoms with Gasteiger partial charge in [-0.2, -0.15) is 0 Å². The van der Waals surface area contributed by atoms with Gasteiger partial charge < -0.3 is 10.1 Å². The van der Waals surface area contributed by atoms with Crippen molar-refractivity contribution in [2.75, 3.05) is 20.8 Å². The third-order valence-corrected chi connectivity index (χ3v) is 2.33. The molecule has 0 spiro atoms. The van der Waals surface area contributed by atoms with E-state index in [-0.39, 0.29) is 0 Å². The maximum atomic E-state index is 5.03. The SMILES string of the molecule is CCC(C)C(CCOC)NC. The Morgan fingerprint density at radius 3 is 2.45 bits per heavy atom. The van der Waals surface area contributed by atoms with E-state index in [2.05, 4.69) is 19.2 Å². The Labute approximate surface area is 70.3 Å². The van der Waals surface area contributed by atoms with E-state index >= 15 is 0 Å².